The highest BCUT2D eigenvalue weighted by atomic mass is 79.9. The van der Waals surface area contributed by atoms with Gasteiger partial charge in [0.05, 0.1) is 0 Å². The largest absolute Gasteiger partial charge is 1.00 e. The van der Waals surface area contributed by atoms with E-state index in [1.165, 1.54) is 11.1 Å². The molecule has 0 unspecified atom stereocenters. The number of hydrogen-bond donors (Lipinski definition) is 1. The average molecular weight is 341 g/mol. The smallest absolute Gasteiger partial charge is 0.208 e. The number of hydrogen-bond acceptors (Lipinski definition) is 1. The summed E-state index contributed by atoms with van der Waals surface area (Å²) < 4.78 is 2.18. The molecule has 0 saturated heterocycles. The molecule has 2 aromatic carbocycles. The molecule has 0 bridgehead atoms. The molecular weight excluding hydrogens is 324 g/mol. The minimum atomic E-state index is 0. The third-order valence-electron chi connectivity index (χ3n) is 3.41. The van der Waals surface area contributed by atoms with Crippen molar-refractivity contribution in [3.05, 3.63) is 96.3 Å². The van der Waals surface area contributed by atoms with E-state index in [0.29, 0.717) is 0 Å². The van der Waals surface area contributed by atoms with Crippen LogP contribution in [-0.2, 0) is 0 Å². The van der Waals surface area contributed by atoms with Crippen molar-refractivity contribution in [3.8, 4) is 0 Å². The molecule has 1 heterocycles. The summed E-state index contributed by atoms with van der Waals surface area (Å²) in [6.45, 7) is 0. The number of nitrogens with two attached hydrogens (primary N) is 1. The van der Waals surface area contributed by atoms with Crippen LogP contribution in [0, 0.1) is 0 Å². The first-order chi connectivity index (χ1) is 9.84. The van der Waals surface area contributed by atoms with Crippen LogP contribution in [0.15, 0.2) is 85.2 Å². The molecule has 2 N–H and O–H groups in total. The Morgan fingerprint density at radius 2 is 1.10 bits per heavy atom. The van der Waals surface area contributed by atoms with Gasteiger partial charge in [-0.25, -0.2) is 0 Å². The zero-order chi connectivity index (χ0) is 13.8. The van der Waals surface area contributed by atoms with Gasteiger partial charge in [-0.1, -0.05) is 60.7 Å². The third-order valence-corrected chi connectivity index (χ3v) is 3.41. The number of nitrogen functional groups attached to an aromatic ring is 1. The summed E-state index contributed by atoms with van der Waals surface area (Å²) in [6.07, 6.45) is 4.06. The molecule has 0 amide bonds. The quantitative estimate of drug-likeness (QED) is 0.678. The van der Waals surface area contributed by atoms with Gasteiger partial charge in [-0.15, -0.1) is 0 Å². The molecule has 3 heteroatoms. The molecule has 0 radical (unpaired) electrons. The van der Waals surface area contributed by atoms with E-state index in [4.69, 9.17) is 5.73 Å². The maximum Gasteiger partial charge on any atom is 0.208 e. The second-order valence-corrected chi connectivity index (χ2v) is 4.80. The van der Waals surface area contributed by atoms with Gasteiger partial charge in [-0.05, 0) is 0 Å². The molecule has 2 nitrogen and oxygen atoms in total. The van der Waals surface area contributed by atoms with Gasteiger partial charge in [0.15, 0.2) is 12.4 Å². The zero-order valence-electron chi connectivity index (χ0n) is 11.6. The van der Waals surface area contributed by atoms with Crippen molar-refractivity contribution in [3.63, 3.8) is 0 Å². The Bertz CT molecular complexity index is 627. The highest BCUT2D eigenvalue weighted by Crippen LogP contribution is 2.21. The second kappa shape index (κ2) is 7.04. The molecule has 0 aliphatic heterocycles. The van der Waals surface area contributed by atoms with Crippen molar-refractivity contribution in [2.75, 3.05) is 5.73 Å². The molecule has 0 saturated carbocycles. The first-order valence-electron chi connectivity index (χ1n) is 6.71. The van der Waals surface area contributed by atoms with Crippen LogP contribution in [-0.4, -0.2) is 0 Å². The van der Waals surface area contributed by atoms with Crippen LogP contribution in [0.5, 0.6) is 0 Å². The first-order valence-corrected chi connectivity index (χ1v) is 6.71. The maximum atomic E-state index is 5.79. The van der Waals surface area contributed by atoms with Crippen LogP contribution in [0.25, 0.3) is 0 Å². The van der Waals surface area contributed by atoms with Crippen LogP contribution >= 0.6 is 0 Å². The van der Waals surface area contributed by atoms with Crippen molar-refractivity contribution in [2.24, 2.45) is 0 Å². The van der Waals surface area contributed by atoms with E-state index in [2.05, 4.69) is 53.1 Å². The fourth-order valence-electron chi connectivity index (χ4n) is 2.43. The van der Waals surface area contributed by atoms with Gasteiger partial charge in [-0.2, -0.15) is 4.57 Å². The molecule has 0 aliphatic carbocycles. The predicted octanol–water partition coefficient (Wildman–Crippen LogP) is 0.198. The fraction of sp³-hybridized carbons (Fsp3) is 0.0556. The highest BCUT2D eigenvalue weighted by Gasteiger charge is 2.22. The Hall–Kier alpha value is -2.13. The van der Waals surface area contributed by atoms with Crippen LogP contribution < -0.4 is 27.3 Å². The zero-order valence-corrected chi connectivity index (χ0v) is 13.1. The Labute approximate surface area is 135 Å². The molecule has 0 fully saturated rings. The summed E-state index contributed by atoms with van der Waals surface area (Å²) in [6, 6.07) is 25.0. The average Bonchev–Trinajstić information content (AvgIpc) is 2.52. The van der Waals surface area contributed by atoms with Gasteiger partial charge in [-0.3, -0.25) is 0 Å². The topological polar surface area (TPSA) is 29.9 Å². The van der Waals surface area contributed by atoms with E-state index in [9.17, 15) is 0 Å². The number of halogens is 1. The lowest BCUT2D eigenvalue weighted by Crippen LogP contribution is -3.00. The number of benzene rings is 2. The Balaban J connectivity index is 0.00000161. The van der Waals surface area contributed by atoms with E-state index >= 15 is 0 Å². The fourth-order valence-corrected chi connectivity index (χ4v) is 2.43. The molecule has 106 valence electrons. The van der Waals surface area contributed by atoms with Gasteiger partial charge in [0.1, 0.15) is 0 Å². The standard InChI is InChI=1S/C18H16N2.BrH/c19-17-11-13-20(14-12-17)18(15-7-3-1-4-8-15)16-9-5-2-6-10-16;/h1-14,18-19H;1H. The van der Waals surface area contributed by atoms with Gasteiger partial charge in [0.25, 0.3) is 0 Å². The lowest BCUT2D eigenvalue weighted by atomic mass is 9.98. The minimum absolute atomic E-state index is 0. The van der Waals surface area contributed by atoms with Gasteiger partial charge in [0.2, 0.25) is 6.04 Å². The molecule has 1 aromatic heterocycles. The third kappa shape index (κ3) is 3.50. The Kier molecular flexibility index (Phi) is 5.12. The van der Waals surface area contributed by atoms with Crippen molar-refractivity contribution >= 4 is 5.69 Å². The monoisotopic (exact) mass is 340 g/mol. The van der Waals surface area contributed by atoms with Gasteiger partial charge >= 0.3 is 0 Å². The van der Waals surface area contributed by atoms with Crippen LogP contribution in [0.1, 0.15) is 17.2 Å². The number of rotatable bonds is 3. The molecule has 0 aliphatic rings. The van der Waals surface area contributed by atoms with Crippen LogP contribution in [0.2, 0.25) is 0 Å². The SMILES string of the molecule is Nc1cc[n+](C(c2ccccc2)c2ccccc2)cc1.[Br-]. The summed E-state index contributed by atoms with van der Waals surface area (Å²) in [5.41, 5.74) is 9.09. The van der Waals surface area contributed by atoms with E-state index in [1.54, 1.807) is 0 Å². The normalized spacial score (nSPS) is 10.1. The lowest BCUT2D eigenvalue weighted by molar-refractivity contribution is -0.704. The molecular formula is C18H17BrN2. The van der Waals surface area contributed by atoms with Crippen molar-refractivity contribution in [1.82, 2.24) is 0 Å². The van der Waals surface area contributed by atoms with Crippen molar-refractivity contribution in [1.29, 1.82) is 0 Å². The van der Waals surface area contributed by atoms with E-state index in [-0.39, 0.29) is 23.0 Å². The lowest BCUT2D eigenvalue weighted by Gasteiger charge is -2.13. The first kappa shape index (κ1) is 15.3. The van der Waals surface area contributed by atoms with Crippen LogP contribution in [0.3, 0.4) is 0 Å². The molecule has 21 heavy (non-hydrogen) atoms. The Morgan fingerprint density at radius 1 is 0.667 bits per heavy atom. The molecule has 3 rings (SSSR count). The summed E-state index contributed by atoms with van der Waals surface area (Å²) in [5.74, 6) is 0. The number of pyridine rings is 1. The summed E-state index contributed by atoms with van der Waals surface area (Å²) in [7, 11) is 0. The van der Waals surface area contributed by atoms with E-state index in [0.717, 1.165) is 5.69 Å². The minimum Gasteiger partial charge on any atom is -1.00 e. The molecule has 0 spiro atoms. The number of nitrogens with zero attached hydrogens (tertiary/aromatic N) is 1. The Morgan fingerprint density at radius 3 is 1.52 bits per heavy atom. The summed E-state index contributed by atoms with van der Waals surface area (Å²) >= 11 is 0. The van der Waals surface area contributed by atoms with Crippen LogP contribution in [0.4, 0.5) is 5.69 Å². The number of aromatic nitrogens is 1. The molecule has 3 aromatic rings. The van der Waals surface area contributed by atoms with E-state index in [1.807, 2.05) is 36.7 Å². The molecule has 0 atom stereocenters. The maximum absolute atomic E-state index is 5.79. The van der Waals surface area contributed by atoms with Gasteiger partial charge in [0, 0.05) is 28.9 Å². The summed E-state index contributed by atoms with van der Waals surface area (Å²) in [5, 5.41) is 0. The summed E-state index contributed by atoms with van der Waals surface area (Å²) in [4.78, 5) is 0. The highest BCUT2D eigenvalue weighted by molar-refractivity contribution is 5.33. The van der Waals surface area contributed by atoms with E-state index < -0.39 is 0 Å². The number of anilines is 1. The van der Waals surface area contributed by atoms with Crippen molar-refractivity contribution < 1.29 is 21.5 Å². The van der Waals surface area contributed by atoms with Crippen molar-refractivity contribution in [2.45, 2.75) is 6.04 Å². The second-order valence-electron chi connectivity index (χ2n) is 4.80. The predicted molar refractivity (Wildman–Crippen MR) is 81.2 cm³/mol. The van der Waals surface area contributed by atoms with Gasteiger partial charge < -0.3 is 22.7 Å².